The molecular weight excluding hydrogens is 404 g/mol. The summed E-state index contributed by atoms with van der Waals surface area (Å²) in [6.07, 6.45) is 0. The minimum atomic E-state index is -4.00. The summed E-state index contributed by atoms with van der Waals surface area (Å²) in [7, 11) is -4.00. The lowest BCUT2D eigenvalue weighted by Crippen LogP contribution is -2.18. The van der Waals surface area contributed by atoms with Gasteiger partial charge in [0.15, 0.2) is 0 Å². The zero-order valence-corrected chi connectivity index (χ0v) is 16.7. The van der Waals surface area contributed by atoms with Crippen LogP contribution in [-0.2, 0) is 10.0 Å². The number of fused-ring (bicyclic) bond motifs is 1. The molecule has 0 saturated heterocycles. The van der Waals surface area contributed by atoms with Gasteiger partial charge < -0.3 is 15.3 Å². The molecule has 0 fully saturated rings. The first-order chi connectivity index (χ1) is 14.3. The first-order valence-corrected chi connectivity index (χ1v) is 10.5. The summed E-state index contributed by atoms with van der Waals surface area (Å²) in [5.74, 6) is -0.442. The molecule has 0 aliphatic heterocycles. The Morgan fingerprint density at radius 2 is 1.60 bits per heavy atom. The number of imidazole rings is 1. The molecule has 0 unspecified atom stereocenters. The number of para-hydroxylation sites is 1. The van der Waals surface area contributed by atoms with Crippen molar-refractivity contribution in [3.05, 3.63) is 88.3 Å². The Kier molecular flexibility index (Phi) is 4.88. The molecule has 0 saturated carbocycles. The van der Waals surface area contributed by atoms with Gasteiger partial charge in [0.2, 0.25) is 0 Å². The second-order valence-corrected chi connectivity index (χ2v) is 8.44. The van der Waals surface area contributed by atoms with Crippen LogP contribution in [0.15, 0.2) is 76.4 Å². The normalized spacial score (nSPS) is 11.4. The zero-order chi connectivity index (χ0) is 21.3. The molecule has 8 nitrogen and oxygen atoms in total. The Labute approximate surface area is 172 Å². The fourth-order valence-electron chi connectivity index (χ4n) is 2.99. The average Bonchev–Trinajstić information content (AvgIpc) is 3.09. The van der Waals surface area contributed by atoms with Gasteiger partial charge in [-0.05, 0) is 49.4 Å². The van der Waals surface area contributed by atoms with Gasteiger partial charge >= 0.3 is 5.69 Å². The SMILES string of the molecule is Cc1ccc(NC(=O)c2ccccc2NS(=O)(=O)c2ccc3[nH]c(=O)[nH]c3c2)cc1. The number of sulfonamides is 1. The third-order valence-corrected chi connectivity index (χ3v) is 5.89. The van der Waals surface area contributed by atoms with Crippen LogP contribution in [0.2, 0.25) is 0 Å². The second kappa shape index (κ2) is 7.53. The molecule has 0 aliphatic rings. The van der Waals surface area contributed by atoms with Gasteiger partial charge in [0.05, 0.1) is 27.2 Å². The van der Waals surface area contributed by atoms with Crippen molar-refractivity contribution in [2.24, 2.45) is 0 Å². The van der Waals surface area contributed by atoms with Crippen molar-refractivity contribution in [3.8, 4) is 0 Å². The molecule has 0 aliphatic carbocycles. The van der Waals surface area contributed by atoms with Crippen LogP contribution < -0.4 is 15.7 Å². The molecular formula is C21H18N4O4S. The van der Waals surface area contributed by atoms with E-state index >= 15 is 0 Å². The van der Waals surface area contributed by atoms with Gasteiger partial charge in [-0.1, -0.05) is 29.8 Å². The Hall–Kier alpha value is -3.85. The number of amides is 1. The zero-order valence-electron chi connectivity index (χ0n) is 15.9. The number of aromatic nitrogens is 2. The van der Waals surface area contributed by atoms with E-state index in [1.165, 1.54) is 30.3 Å². The number of H-pyrrole nitrogens is 2. The highest BCUT2D eigenvalue weighted by Crippen LogP contribution is 2.23. The maximum atomic E-state index is 12.9. The molecule has 4 aromatic rings. The van der Waals surface area contributed by atoms with Gasteiger partial charge in [-0.3, -0.25) is 9.52 Å². The number of nitrogens with one attached hydrogen (secondary N) is 4. The Bertz CT molecular complexity index is 1400. The van der Waals surface area contributed by atoms with E-state index in [-0.39, 0.29) is 16.1 Å². The first kappa shape index (κ1) is 19.5. The number of carbonyl (C=O) groups is 1. The van der Waals surface area contributed by atoms with Crippen LogP contribution in [0, 0.1) is 6.92 Å². The van der Waals surface area contributed by atoms with Crippen LogP contribution in [0.3, 0.4) is 0 Å². The molecule has 9 heteroatoms. The summed E-state index contributed by atoms with van der Waals surface area (Å²) in [5.41, 5.74) is 2.42. The number of carbonyl (C=O) groups excluding carboxylic acids is 1. The third-order valence-electron chi connectivity index (χ3n) is 4.52. The number of aromatic amines is 2. The minimum absolute atomic E-state index is 0.0426. The Morgan fingerprint density at radius 3 is 2.37 bits per heavy atom. The predicted molar refractivity (Wildman–Crippen MR) is 115 cm³/mol. The van der Waals surface area contributed by atoms with E-state index in [2.05, 4.69) is 20.0 Å². The lowest BCUT2D eigenvalue weighted by molar-refractivity contribution is 0.102. The highest BCUT2D eigenvalue weighted by atomic mass is 32.2. The van der Waals surface area contributed by atoms with Gasteiger partial charge in [-0.25, -0.2) is 13.2 Å². The van der Waals surface area contributed by atoms with Crippen LogP contribution in [0.1, 0.15) is 15.9 Å². The molecule has 4 rings (SSSR count). The topological polar surface area (TPSA) is 124 Å². The number of benzene rings is 3. The third kappa shape index (κ3) is 3.96. The average molecular weight is 422 g/mol. The van der Waals surface area contributed by atoms with Crippen LogP contribution in [-0.4, -0.2) is 24.3 Å². The molecule has 3 aromatic carbocycles. The summed E-state index contributed by atoms with van der Waals surface area (Å²) in [6, 6.07) is 17.8. The molecule has 1 aromatic heterocycles. The quantitative estimate of drug-likeness (QED) is 0.394. The van der Waals surface area contributed by atoms with Gasteiger partial charge in [0.25, 0.3) is 15.9 Å². The molecule has 0 bridgehead atoms. The van der Waals surface area contributed by atoms with Crippen molar-refractivity contribution in [2.75, 3.05) is 10.0 Å². The van der Waals surface area contributed by atoms with Crippen LogP contribution >= 0.6 is 0 Å². The smallest absolute Gasteiger partial charge is 0.322 e. The van der Waals surface area contributed by atoms with Gasteiger partial charge in [0.1, 0.15) is 0 Å². The van der Waals surface area contributed by atoms with E-state index < -0.39 is 21.6 Å². The van der Waals surface area contributed by atoms with Crippen LogP contribution in [0.25, 0.3) is 11.0 Å². The molecule has 0 spiro atoms. The maximum absolute atomic E-state index is 12.9. The molecule has 1 heterocycles. The summed E-state index contributed by atoms with van der Waals surface area (Å²) in [5, 5.41) is 2.76. The molecule has 0 atom stereocenters. The first-order valence-electron chi connectivity index (χ1n) is 9.04. The maximum Gasteiger partial charge on any atom is 0.323 e. The summed E-state index contributed by atoms with van der Waals surface area (Å²) >= 11 is 0. The van der Waals surface area contributed by atoms with Crippen LogP contribution in [0.4, 0.5) is 11.4 Å². The summed E-state index contributed by atoms with van der Waals surface area (Å²) in [6.45, 7) is 1.94. The lowest BCUT2D eigenvalue weighted by atomic mass is 10.1. The van der Waals surface area contributed by atoms with E-state index in [9.17, 15) is 18.0 Å². The van der Waals surface area contributed by atoms with E-state index in [0.29, 0.717) is 16.7 Å². The lowest BCUT2D eigenvalue weighted by Gasteiger charge is -2.13. The summed E-state index contributed by atoms with van der Waals surface area (Å²) < 4.78 is 28.2. The second-order valence-electron chi connectivity index (χ2n) is 6.76. The van der Waals surface area contributed by atoms with Crippen molar-refractivity contribution >= 4 is 38.3 Å². The Morgan fingerprint density at radius 1 is 0.900 bits per heavy atom. The fraction of sp³-hybridized carbons (Fsp3) is 0.0476. The molecule has 152 valence electrons. The van der Waals surface area contributed by atoms with Crippen LogP contribution in [0.5, 0.6) is 0 Å². The van der Waals surface area contributed by atoms with E-state index in [1.807, 2.05) is 19.1 Å². The standard InChI is InChI=1S/C21H18N4O4S/c1-13-6-8-14(9-7-13)22-20(26)16-4-2-3-5-17(16)25-30(28,29)15-10-11-18-19(12-15)24-21(27)23-18/h2-12,25H,1H3,(H,22,26)(H2,23,24,27). The van der Waals surface area contributed by atoms with Gasteiger partial charge in [-0.2, -0.15) is 0 Å². The Balaban J connectivity index is 1.63. The van der Waals surface area contributed by atoms with Crippen molar-refractivity contribution in [1.82, 2.24) is 9.97 Å². The number of hydrogen-bond donors (Lipinski definition) is 4. The predicted octanol–water partition coefficient (Wildman–Crippen LogP) is 3.22. The van der Waals surface area contributed by atoms with E-state index in [0.717, 1.165) is 5.56 Å². The van der Waals surface area contributed by atoms with Crippen molar-refractivity contribution in [1.29, 1.82) is 0 Å². The van der Waals surface area contributed by atoms with E-state index in [4.69, 9.17) is 0 Å². The number of aryl methyl sites for hydroxylation is 1. The van der Waals surface area contributed by atoms with Crippen molar-refractivity contribution in [2.45, 2.75) is 11.8 Å². The van der Waals surface area contributed by atoms with Gasteiger partial charge in [-0.15, -0.1) is 0 Å². The highest BCUT2D eigenvalue weighted by Gasteiger charge is 2.19. The molecule has 30 heavy (non-hydrogen) atoms. The summed E-state index contributed by atoms with van der Waals surface area (Å²) in [4.78, 5) is 29.2. The number of anilines is 2. The number of rotatable bonds is 5. The molecule has 1 amide bonds. The minimum Gasteiger partial charge on any atom is -0.322 e. The van der Waals surface area contributed by atoms with Gasteiger partial charge in [0, 0.05) is 5.69 Å². The molecule has 0 radical (unpaired) electrons. The highest BCUT2D eigenvalue weighted by molar-refractivity contribution is 7.92. The monoisotopic (exact) mass is 422 g/mol. The number of hydrogen-bond acceptors (Lipinski definition) is 4. The van der Waals surface area contributed by atoms with E-state index in [1.54, 1.807) is 24.3 Å². The van der Waals surface area contributed by atoms with Crippen molar-refractivity contribution < 1.29 is 13.2 Å². The van der Waals surface area contributed by atoms with Crippen molar-refractivity contribution in [3.63, 3.8) is 0 Å². The molecule has 4 N–H and O–H groups in total. The largest absolute Gasteiger partial charge is 0.323 e. The fourth-order valence-corrected chi connectivity index (χ4v) is 4.09.